The Morgan fingerprint density at radius 1 is 1.23 bits per heavy atom. The molecular weight excluding hydrogens is 402 g/mol. The maximum absolute atomic E-state index is 13.0. The Morgan fingerprint density at radius 3 is 2.63 bits per heavy atom. The van der Waals surface area contributed by atoms with Gasteiger partial charge >= 0.3 is 11.9 Å². The van der Waals surface area contributed by atoms with Crippen LogP contribution in [0.5, 0.6) is 0 Å². The fourth-order valence-electron chi connectivity index (χ4n) is 3.33. The summed E-state index contributed by atoms with van der Waals surface area (Å²) in [5.74, 6) is -1.65. The molecule has 1 fully saturated rings. The molecule has 1 N–H and O–H groups in total. The fourth-order valence-corrected chi connectivity index (χ4v) is 3.80. The van der Waals surface area contributed by atoms with Crippen molar-refractivity contribution in [2.45, 2.75) is 30.6 Å². The van der Waals surface area contributed by atoms with Crippen molar-refractivity contribution in [3.05, 3.63) is 65.0 Å². The van der Waals surface area contributed by atoms with E-state index >= 15 is 0 Å². The number of hydrogen-bond acceptors (Lipinski definition) is 7. The Bertz CT molecular complexity index is 943. The molecular formula is C23H25NO5S. The Hall–Kier alpha value is -2.80. The zero-order chi connectivity index (χ0) is 21.7. The van der Waals surface area contributed by atoms with Crippen molar-refractivity contribution in [3.8, 4) is 0 Å². The van der Waals surface area contributed by atoms with Crippen molar-refractivity contribution < 1.29 is 23.9 Å². The lowest BCUT2D eigenvalue weighted by Gasteiger charge is -2.28. The molecule has 1 unspecified atom stereocenters. The molecule has 1 aromatic rings. The Labute approximate surface area is 180 Å². The quantitative estimate of drug-likeness (QED) is 0.386. The number of rotatable bonds is 8. The average Bonchev–Trinajstić information content (AvgIpc) is 3.62. The predicted octanol–water partition coefficient (Wildman–Crippen LogP) is 3.50. The van der Waals surface area contributed by atoms with E-state index in [1.807, 2.05) is 30.5 Å². The van der Waals surface area contributed by atoms with E-state index in [0.717, 1.165) is 23.3 Å². The third kappa shape index (κ3) is 4.84. The number of esters is 2. The maximum Gasteiger partial charge on any atom is 0.337 e. The van der Waals surface area contributed by atoms with Crippen LogP contribution < -0.4 is 5.32 Å². The van der Waals surface area contributed by atoms with Gasteiger partial charge in [0.25, 0.3) is 0 Å². The minimum absolute atomic E-state index is 0.0381. The van der Waals surface area contributed by atoms with E-state index in [0.29, 0.717) is 11.3 Å². The second-order valence-electron chi connectivity index (χ2n) is 7.00. The van der Waals surface area contributed by atoms with Gasteiger partial charge in [0.2, 0.25) is 0 Å². The summed E-state index contributed by atoms with van der Waals surface area (Å²) in [5, 5.41) is 2.99. The van der Waals surface area contributed by atoms with Crippen molar-refractivity contribution in [2.24, 2.45) is 5.92 Å². The van der Waals surface area contributed by atoms with Gasteiger partial charge in [-0.2, -0.15) is 0 Å². The first-order chi connectivity index (χ1) is 14.5. The van der Waals surface area contributed by atoms with E-state index in [9.17, 15) is 14.4 Å². The number of carbonyl (C=O) groups excluding carboxylic acids is 3. The molecule has 1 atom stereocenters. The Balaban J connectivity index is 2.12. The first-order valence-corrected chi connectivity index (χ1v) is 11.0. The molecule has 0 spiro atoms. The predicted molar refractivity (Wildman–Crippen MR) is 115 cm³/mol. The van der Waals surface area contributed by atoms with E-state index in [-0.39, 0.29) is 23.9 Å². The third-order valence-electron chi connectivity index (χ3n) is 5.01. The number of nitrogens with one attached hydrogen (secondary N) is 1. The first kappa shape index (κ1) is 21.9. The fraction of sp³-hybridized carbons (Fsp3) is 0.348. The van der Waals surface area contributed by atoms with Crippen molar-refractivity contribution in [2.75, 3.05) is 20.0 Å². The van der Waals surface area contributed by atoms with Gasteiger partial charge in [-0.1, -0.05) is 12.1 Å². The number of hydrogen-bond donors (Lipinski definition) is 1. The molecule has 30 heavy (non-hydrogen) atoms. The molecule has 7 heteroatoms. The summed E-state index contributed by atoms with van der Waals surface area (Å²) in [6.45, 7) is 1.91. The summed E-state index contributed by atoms with van der Waals surface area (Å²) < 4.78 is 10.3. The van der Waals surface area contributed by atoms with Crippen molar-refractivity contribution >= 4 is 29.5 Å². The van der Waals surface area contributed by atoms with Crippen LogP contribution in [0.2, 0.25) is 0 Å². The van der Waals surface area contributed by atoms with Crippen LogP contribution >= 0.6 is 11.8 Å². The monoisotopic (exact) mass is 427 g/mol. The highest BCUT2D eigenvalue weighted by Gasteiger charge is 2.36. The maximum atomic E-state index is 13.0. The normalized spacial score (nSPS) is 18.6. The second kappa shape index (κ2) is 9.80. The van der Waals surface area contributed by atoms with E-state index in [1.165, 1.54) is 19.4 Å². The molecule has 3 rings (SSSR count). The topological polar surface area (TPSA) is 81.7 Å². The van der Waals surface area contributed by atoms with Crippen molar-refractivity contribution in [1.82, 2.24) is 5.32 Å². The van der Waals surface area contributed by atoms with Gasteiger partial charge in [-0.15, -0.1) is 11.8 Å². The molecule has 0 radical (unpaired) electrons. The molecule has 0 bridgehead atoms. The third-order valence-corrected chi connectivity index (χ3v) is 5.74. The van der Waals surface area contributed by atoms with Gasteiger partial charge in [0, 0.05) is 22.7 Å². The van der Waals surface area contributed by atoms with Gasteiger partial charge in [0.1, 0.15) is 0 Å². The van der Waals surface area contributed by atoms with Crippen LogP contribution in [0.25, 0.3) is 0 Å². The summed E-state index contributed by atoms with van der Waals surface area (Å²) >= 11 is 1.57. The molecule has 1 aliphatic heterocycles. The summed E-state index contributed by atoms with van der Waals surface area (Å²) in [6.07, 6.45) is 8.38. The number of thioether (sulfide) groups is 1. The van der Waals surface area contributed by atoms with E-state index in [1.54, 1.807) is 24.8 Å². The summed E-state index contributed by atoms with van der Waals surface area (Å²) in [4.78, 5) is 38.6. The van der Waals surface area contributed by atoms with Gasteiger partial charge < -0.3 is 14.8 Å². The molecule has 1 aromatic carbocycles. The standard InChI is InChI=1S/C23H25NO5S/c1-4-29-23(27)21-18(10-11-19(25)14-8-9-14)24-13-17(22(26)28-2)20(21)15-6-5-7-16(12-15)30-3/h5-7,10-14,20,24H,4,8-9H2,1-3H3/b11-10+. The van der Waals surface area contributed by atoms with Crippen molar-refractivity contribution in [3.63, 3.8) is 0 Å². The summed E-state index contributed by atoms with van der Waals surface area (Å²) in [5.41, 5.74) is 1.78. The van der Waals surface area contributed by atoms with E-state index in [4.69, 9.17) is 9.47 Å². The van der Waals surface area contributed by atoms with Crippen LogP contribution in [0.1, 0.15) is 31.2 Å². The molecule has 1 saturated carbocycles. The number of carbonyl (C=O) groups is 3. The molecule has 0 amide bonds. The number of benzene rings is 1. The lowest BCUT2D eigenvalue weighted by Crippen LogP contribution is -2.30. The van der Waals surface area contributed by atoms with E-state index < -0.39 is 17.9 Å². The molecule has 1 heterocycles. The SMILES string of the molecule is CCOC(=O)C1=C(/C=C/C(=O)C2CC2)NC=C(C(=O)OC)C1c1cccc(SC)c1. The zero-order valence-corrected chi connectivity index (χ0v) is 18.1. The van der Waals surface area contributed by atoms with Gasteiger partial charge in [-0.25, -0.2) is 9.59 Å². The minimum atomic E-state index is -0.680. The average molecular weight is 428 g/mol. The molecule has 1 aliphatic carbocycles. The second-order valence-corrected chi connectivity index (χ2v) is 7.88. The molecule has 158 valence electrons. The van der Waals surface area contributed by atoms with Crippen molar-refractivity contribution in [1.29, 1.82) is 0 Å². The van der Waals surface area contributed by atoms with Crippen LogP contribution in [0.3, 0.4) is 0 Å². The molecule has 0 saturated heterocycles. The lowest BCUT2D eigenvalue weighted by molar-refractivity contribution is -0.139. The number of ether oxygens (including phenoxy) is 2. The lowest BCUT2D eigenvalue weighted by atomic mass is 9.81. The molecule has 2 aliphatic rings. The zero-order valence-electron chi connectivity index (χ0n) is 17.3. The largest absolute Gasteiger partial charge is 0.466 e. The van der Waals surface area contributed by atoms with Crippen LogP contribution in [0.4, 0.5) is 0 Å². The summed E-state index contributed by atoms with van der Waals surface area (Å²) in [7, 11) is 1.30. The van der Waals surface area contributed by atoms with Gasteiger partial charge in [-0.3, -0.25) is 4.79 Å². The molecule has 6 nitrogen and oxygen atoms in total. The highest BCUT2D eigenvalue weighted by atomic mass is 32.2. The van der Waals surface area contributed by atoms with Crippen LogP contribution in [-0.4, -0.2) is 37.7 Å². The van der Waals surface area contributed by atoms with E-state index in [2.05, 4.69) is 5.32 Å². The minimum Gasteiger partial charge on any atom is -0.466 e. The van der Waals surface area contributed by atoms with Crippen LogP contribution in [0.15, 0.2) is 64.4 Å². The van der Waals surface area contributed by atoms with Gasteiger partial charge in [0.15, 0.2) is 5.78 Å². The first-order valence-electron chi connectivity index (χ1n) is 9.82. The van der Waals surface area contributed by atoms with Gasteiger partial charge in [0.05, 0.1) is 30.8 Å². The Morgan fingerprint density at radius 2 is 2.00 bits per heavy atom. The van der Waals surface area contributed by atoms with Crippen LogP contribution in [0, 0.1) is 5.92 Å². The van der Waals surface area contributed by atoms with Gasteiger partial charge in [-0.05, 0) is 55.9 Å². The summed E-state index contributed by atoms with van der Waals surface area (Å²) in [6, 6.07) is 7.64. The number of dihydropyridines is 1. The smallest absolute Gasteiger partial charge is 0.337 e. The molecule has 0 aromatic heterocycles. The highest BCUT2D eigenvalue weighted by Crippen LogP contribution is 2.38. The number of methoxy groups -OCH3 is 1. The Kier molecular flexibility index (Phi) is 7.15. The van der Waals surface area contributed by atoms with Crippen LogP contribution in [-0.2, 0) is 23.9 Å². The number of ketones is 1. The highest BCUT2D eigenvalue weighted by molar-refractivity contribution is 7.98. The number of allylic oxidation sites excluding steroid dienone is 2.